The molecule has 0 saturated heterocycles. The highest BCUT2D eigenvalue weighted by Gasteiger charge is 2.15. The van der Waals surface area contributed by atoms with Crippen molar-refractivity contribution in [2.45, 2.75) is 33.1 Å². The van der Waals surface area contributed by atoms with Gasteiger partial charge in [-0.05, 0) is 24.6 Å². The maximum atomic E-state index is 5.85. The number of hydrogen-bond donors (Lipinski definition) is 0. The third-order valence-electron chi connectivity index (χ3n) is 1.71. The van der Waals surface area contributed by atoms with Gasteiger partial charge in [-0.3, -0.25) is 0 Å². The predicted octanol–water partition coefficient (Wildman–Crippen LogP) is 3.34. The highest BCUT2D eigenvalue weighted by atomic mass is 35.5. The molecule has 0 aliphatic rings. The van der Waals surface area contributed by atoms with E-state index in [4.69, 9.17) is 11.6 Å². The fourth-order valence-electron chi connectivity index (χ4n) is 1.01. The zero-order chi connectivity index (χ0) is 9.35. The molecule has 0 spiro atoms. The molecule has 1 aromatic heterocycles. The molecule has 1 aromatic rings. The molecule has 0 unspecified atom stereocenters. The second-order valence-corrected chi connectivity index (χ2v) is 4.49. The Hall–Kier alpha value is -0.560. The van der Waals surface area contributed by atoms with Gasteiger partial charge in [0, 0.05) is 11.1 Å². The van der Waals surface area contributed by atoms with Crippen LogP contribution >= 0.6 is 11.6 Å². The summed E-state index contributed by atoms with van der Waals surface area (Å²) in [5.41, 5.74) is 2.29. The molecule has 0 aromatic carbocycles. The Balaban J connectivity index is 3.18. The van der Waals surface area contributed by atoms with Crippen molar-refractivity contribution in [2.75, 3.05) is 0 Å². The van der Waals surface area contributed by atoms with E-state index in [2.05, 4.69) is 31.8 Å². The summed E-state index contributed by atoms with van der Waals surface area (Å²) in [6.45, 7) is 8.42. The molecule has 66 valence electrons. The van der Waals surface area contributed by atoms with Crippen LogP contribution in [0.1, 0.15) is 32.0 Å². The van der Waals surface area contributed by atoms with Gasteiger partial charge >= 0.3 is 0 Å². The number of halogens is 1. The van der Waals surface area contributed by atoms with Gasteiger partial charge in [0.25, 0.3) is 0 Å². The maximum absolute atomic E-state index is 5.85. The molecular formula is C10H14ClN. The van der Waals surface area contributed by atoms with Crippen LogP contribution in [0.4, 0.5) is 0 Å². The third kappa shape index (κ3) is 2.21. The van der Waals surface area contributed by atoms with Gasteiger partial charge in [-0.15, -0.1) is 0 Å². The fourth-order valence-corrected chi connectivity index (χ4v) is 1.27. The van der Waals surface area contributed by atoms with E-state index in [-0.39, 0.29) is 5.41 Å². The van der Waals surface area contributed by atoms with Crippen molar-refractivity contribution in [3.05, 3.63) is 28.5 Å². The molecule has 2 heteroatoms. The summed E-state index contributed by atoms with van der Waals surface area (Å²) in [6.07, 6.45) is 0. The monoisotopic (exact) mass is 183 g/mol. The summed E-state index contributed by atoms with van der Waals surface area (Å²) in [5.74, 6) is 0. The van der Waals surface area contributed by atoms with Gasteiger partial charge in [-0.25, -0.2) is 4.98 Å². The molecule has 12 heavy (non-hydrogen) atoms. The van der Waals surface area contributed by atoms with E-state index in [0.717, 1.165) is 5.69 Å². The smallest absolute Gasteiger partial charge is 0.129 e. The minimum absolute atomic E-state index is 0.0790. The first-order valence-corrected chi connectivity index (χ1v) is 4.42. The Morgan fingerprint density at radius 1 is 1.25 bits per heavy atom. The van der Waals surface area contributed by atoms with Crippen molar-refractivity contribution in [3.8, 4) is 0 Å². The van der Waals surface area contributed by atoms with Crippen LogP contribution in [-0.4, -0.2) is 4.98 Å². The normalized spacial score (nSPS) is 11.8. The lowest BCUT2D eigenvalue weighted by molar-refractivity contribution is 0.568. The number of aryl methyl sites for hydroxylation is 1. The summed E-state index contributed by atoms with van der Waals surface area (Å²) >= 11 is 5.85. The van der Waals surface area contributed by atoms with Crippen LogP contribution in [0.15, 0.2) is 12.1 Å². The van der Waals surface area contributed by atoms with E-state index in [0.29, 0.717) is 5.15 Å². The molecule has 0 fully saturated rings. The Kier molecular flexibility index (Phi) is 2.43. The van der Waals surface area contributed by atoms with Crippen molar-refractivity contribution >= 4 is 11.6 Å². The molecule has 1 nitrogen and oxygen atoms in total. The first-order valence-electron chi connectivity index (χ1n) is 4.04. The number of nitrogens with zero attached hydrogens (tertiary/aromatic N) is 1. The quantitative estimate of drug-likeness (QED) is 0.563. The molecule has 0 N–H and O–H groups in total. The van der Waals surface area contributed by atoms with Crippen LogP contribution in [0.25, 0.3) is 0 Å². The molecule has 0 atom stereocenters. The topological polar surface area (TPSA) is 12.9 Å². The molecule has 0 radical (unpaired) electrons. The molecule has 0 aliphatic carbocycles. The number of rotatable bonds is 0. The average molecular weight is 184 g/mol. The first kappa shape index (κ1) is 9.53. The van der Waals surface area contributed by atoms with Crippen molar-refractivity contribution in [3.63, 3.8) is 0 Å². The van der Waals surface area contributed by atoms with Crippen molar-refractivity contribution in [2.24, 2.45) is 0 Å². The Bertz CT molecular complexity index is 266. The number of pyridine rings is 1. The van der Waals surface area contributed by atoms with E-state index in [1.165, 1.54) is 5.56 Å². The van der Waals surface area contributed by atoms with Gasteiger partial charge in [0.1, 0.15) is 5.15 Å². The van der Waals surface area contributed by atoms with Gasteiger partial charge in [-0.1, -0.05) is 32.4 Å². The lowest BCUT2D eigenvalue weighted by atomic mass is 9.91. The van der Waals surface area contributed by atoms with Gasteiger partial charge in [0.05, 0.1) is 0 Å². The van der Waals surface area contributed by atoms with Gasteiger partial charge in [0.2, 0.25) is 0 Å². The summed E-state index contributed by atoms with van der Waals surface area (Å²) in [4.78, 5) is 4.27. The third-order valence-corrected chi connectivity index (χ3v) is 1.90. The van der Waals surface area contributed by atoms with Gasteiger partial charge in [-0.2, -0.15) is 0 Å². The van der Waals surface area contributed by atoms with Crippen LogP contribution in [0.3, 0.4) is 0 Å². The van der Waals surface area contributed by atoms with Crippen molar-refractivity contribution in [1.82, 2.24) is 4.98 Å². The van der Waals surface area contributed by atoms with E-state index in [9.17, 15) is 0 Å². The van der Waals surface area contributed by atoms with Gasteiger partial charge in [0.15, 0.2) is 0 Å². The maximum Gasteiger partial charge on any atom is 0.129 e. The summed E-state index contributed by atoms with van der Waals surface area (Å²) in [7, 11) is 0. The Morgan fingerprint density at radius 2 is 1.83 bits per heavy atom. The average Bonchev–Trinajstić information content (AvgIpc) is 1.82. The van der Waals surface area contributed by atoms with Crippen molar-refractivity contribution in [1.29, 1.82) is 0 Å². The molecular weight excluding hydrogens is 170 g/mol. The van der Waals surface area contributed by atoms with Crippen molar-refractivity contribution < 1.29 is 0 Å². The predicted molar refractivity (Wildman–Crippen MR) is 52.7 cm³/mol. The fraction of sp³-hybridized carbons (Fsp3) is 0.500. The number of hydrogen-bond acceptors (Lipinski definition) is 1. The summed E-state index contributed by atoms with van der Waals surface area (Å²) < 4.78 is 0. The van der Waals surface area contributed by atoms with E-state index in [1.807, 2.05) is 13.0 Å². The Labute approximate surface area is 78.8 Å². The minimum Gasteiger partial charge on any atom is -0.241 e. The lowest BCUT2D eigenvalue weighted by Gasteiger charge is -2.18. The van der Waals surface area contributed by atoms with Crippen LogP contribution in [0, 0.1) is 6.92 Å². The van der Waals surface area contributed by atoms with Crippen LogP contribution < -0.4 is 0 Å². The van der Waals surface area contributed by atoms with E-state index < -0.39 is 0 Å². The second-order valence-electron chi connectivity index (χ2n) is 4.10. The number of aromatic nitrogens is 1. The van der Waals surface area contributed by atoms with E-state index in [1.54, 1.807) is 0 Å². The Morgan fingerprint density at radius 3 is 2.25 bits per heavy atom. The zero-order valence-electron chi connectivity index (χ0n) is 7.98. The van der Waals surface area contributed by atoms with Crippen LogP contribution in [0.2, 0.25) is 5.15 Å². The first-order chi connectivity index (χ1) is 5.39. The largest absolute Gasteiger partial charge is 0.241 e. The molecule has 0 amide bonds. The molecule has 0 aliphatic heterocycles. The molecule has 0 saturated carbocycles. The van der Waals surface area contributed by atoms with E-state index >= 15 is 0 Å². The highest BCUT2D eigenvalue weighted by molar-refractivity contribution is 6.29. The minimum atomic E-state index is 0.0790. The zero-order valence-corrected chi connectivity index (χ0v) is 8.74. The summed E-state index contributed by atoms with van der Waals surface area (Å²) in [5, 5.41) is 0.583. The molecule has 1 rings (SSSR count). The van der Waals surface area contributed by atoms with Crippen LogP contribution in [0.5, 0.6) is 0 Å². The van der Waals surface area contributed by atoms with Crippen LogP contribution in [-0.2, 0) is 5.41 Å². The van der Waals surface area contributed by atoms with Gasteiger partial charge < -0.3 is 0 Å². The standard InChI is InChI=1S/C10H14ClN/c1-7-5-8(10(2,3)4)12-9(11)6-7/h5-6H,1-4H3. The highest BCUT2D eigenvalue weighted by Crippen LogP contribution is 2.22. The lowest BCUT2D eigenvalue weighted by Crippen LogP contribution is -2.13. The molecule has 1 heterocycles. The molecule has 0 bridgehead atoms. The second kappa shape index (κ2) is 3.06. The summed E-state index contributed by atoms with van der Waals surface area (Å²) in [6, 6.07) is 3.95. The SMILES string of the molecule is Cc1cc(Cl)nc(C(C)(C)C)c1.